The van der Waals surface area contributed by atoms with Gasteiger partial charge >= 0.3 is 0 Å². The van der Waals surface area contributed by atoms with Gasteiger partial charge in [0.15, 0.2) is 6.79 Å². The number of hydrogen-bond donors (Lipinski definition) is 0. The molecule has 138 valence electrons. The van der Waals surface area contributed by atoms with Crippen molar-refractivity contribution in [1.82, 2.24) is 0 Å². The molecule has 1 aliphatic rings. The molecule has 0 saturated heterocycles. The molecule has 1 aliphatic heterocycles. The molecule has 26 heavy (non-hydrogen) atoms. The van der Waals surface area contributed by atoms with Crippen LogP contribution in [0.3, 0.4) is 0 Å². The standard InChI is InChI=1S/C19H21FN2O3S/c1-4-24-12-25-14-6-8-17-18(10-14)26-19(22(17)3)13-5-7-16(15(20)9-13)21(2)11-23/h5-11,19H,4,12H2,1-3H3. The number of amides is 1. The van der Waals surface area contributed by atoms with Gasteiger partial charge in [0.25, 0.3) is 0 Å². The number of rotatable bonds is 7. The quantitative estimate of drug-likeness (QED) is 0.415. The maximum absolute atomic E-state index is 14.4. The molecule has 0 bridgehead atoms. The van der Waals surface area contributed by atoms with E-state index in [0.717, 1.165) is 21.9 Å². The lowest BCUT2D eigenvalue weighted by Gasteiger charge is -2.23. The van der Waals surface area contributed by atoms with Gasteiger partial charge in [0.1, 0.15) is 16.9 Å². The third-order valence-corrected chi connectivity index (χ3v) is 5.60. The zero-order chi connectivity index (χ0) is 18.7. The minimum atomic E-state index is -0.414. The number of carbonyl (C=O) groups excluding carboxylic acids is 1. The summed E-state index contributed by atoms with van der Waals surface area (Å²) in [6.07, 6.45) is 0.591. The van der Waals surface area contributed by atoms with E-state index in [-0.39, 0.29) is 17.9 Å². The van der Waals surface area contributed by atoms with Gasteiger partial charge in [-0.15, -0.1) is 0 Å². The Hall–Kier alpha value is -2.25. The van der Waals surface area contributed by atoms with Gasteiger partial charge in [0.2, 0.25) is 6.41 Å². The molecule has 5 nitrogen and oxygen atoms in total. The van der Waals surface area contributed by atoms with Crippen LogP contribution in [0.5, 0.6) is 5.75 Å². The lowest BCUT2D eigenvalue weighted by atomic mass is 10.1. The lowest BCUT2D eigenvalue weighted by Crippen LogP contribution is -2.18. The third-order valence-electron chi connectivity index (χ3n) is 4.21. The molecule has 0 fully saturated rings. The van der Waals surface area contributed by atoms with E-state index in [4.69, 9.17) is 9.47 Å². The van der Waals surface area contributed by atoms with Crippen LogP contribution in [0.1, 0.15) is 17.9 Å². The van der Waals surface area contributed by atoms with E-state index >= 15 is 0 Å². The Kier molecular flexibility index (Phi) is 5.68. The zero-order valence-corrected chi connectivity index (χ0v) is 15.8. The summed E-state index contributed by atoms with van der Waals surface area (Å²) in [7, 11) is 3.51. The summed E-state index contributed by atoms with van der Waals surface area (Å²) in [5.74, 6) is 0.329. The van der Waals surface area contributed by atoms with E-state index in [1.807, 2.05) is 38.2 Å². The van der Waals surface area contributed by atoms with Crippen molar-refractivity contribution in [3.05, 3.63) is 47.8 Å². The molecule has 3 rings (SSSR count). The molecule has 0 aliphatic carbocycles. The van der Waals surface area contributed by atoms with Gasteiger partial charge in [-0.05, 0) is 42.8 Å². The topological polar surface area (TPSA) is 42.0 Å². The van der Waals surface area contributed by atoms with Crippen molar-refractivity contribution in [2.45, 2.75) is 17.2 Å². The predicted octanol–water partition coefficient (Wildman–Crippen LogP) is 4.03. The maximum Gasteiger partial charge on any atom is 0.213 e. The van der Waals surface area contributed by atoms with Crippen LogP contribution < -0.4 is 14.5 Å². The van der Waals surface area contributed by atoms with Gasteiger partial charge in [-0.3, -0.25) is 4.79 Å². The Morgan fingerprint density at radius 2 is 2.12 bits per heavy atom. The number of anilines is 2. The van der Waals surface area contributed by atoms with Crippen molar-refractivity contribution >= 4 is 29.5 Å². The molecule has 0 radical (unpaired) electrons. The van der Waals surface area contributed by atoms with Crippen molar-refractivity contribution in [2.75, 3.05) is 37.3 Å². The van der Waals surface area contributed by atoms with Crippen LogP contribution >= 0.6 is 11.8 Å². The minimum Gasteiger partial charge on any atom is -0.468 e. The van der Waals surface area contributed by atoms with Crippen LogP contribution in [0.4, 0.5) is 15.8 Å². The fraction of sp³-hybridized carbons (Fsp3) is 0.316. The number of fused-ring (bicyclic) bond motifs is 1. The summed E-state index contributed by atoms with van der Waals surface area (Å²) in [4.78, 5) is 15.2. The summed E-state index contributed by atoms with van der Waals surface area (Å²) in [6.45, 7) is 2.74. The minimum absolute atomic E-state index is 0.0442. The van der Waals surface area contributed by atoms with Gasteiger partial charge in [0, 0.05) is 25.6 Å². The Labute approximate surface area is 156 Å². The van der Waals surface area contributed by atoms with E-state index in [1.165, 1.54) is 18.0 Å². The Morgan fingerprint density at radius 3 is 2.81 bits per heavy atom. The lowest BCUT2D eigenvalue weighted by molar-refractivity contribution is -0.107. The number of ether oxygens (including phenoxy) is 2. The number of hydrogen-bond acceptors (Lipinski definition) is 5. The highest BCUT2D eigenvalue weighted by Crippen LogP contribution is 2.51. The molecule has 7 heteroatoms. The fourth-order valence-corrected chi connectivity index (χ4v) is 4.11. The Balaban J connectivity index is 1.80. The molecule has 2 aromatic rings. The first-order valence-electron chi connectivity index (χ1n) is 8.26. The van der Waals surface area contributed by atoms with E-state index in [1.54, 1.807) is 17.8 Å². The van der Waals surface area contributed by atoms with Crippen molar-refractivity contribution < 1.29 is 18.7 Å². The second kappa shape index (κ2) is 7.97. The van der Waals surface area contributed by atoms with Gasteiger partial charge in [0.05, 0.1) is 11.4 Å². The van der Waals surface area contributed by atoms with E-state index in [9.17, 15) is 9.18 Å². The highest BCUT2D eigenvalue weighted by molar-refractivity contribution is 8.00. The van der Waals surface area contributed by atoms with Gasteiger partial charge in [-0.1, -0.05) is 17.8 Å². The molecule has 1 amide bonds. The predicted molar refractivity (Wildman–Crippen MR) is 101 cm³/mol. The second-order valence-corrected chi connectivity index (χ2v) is 7.01. The molecule has 1 atom stereocenters. The SMILES string of the molecule is CCOCOc1ccc2c(c1)SC(c1ccc(N(C)C=O)c(F)c1)N2C. The Morgan fingerprint density at radius 1 is 1.31 bits per heavy atom. The molecule has 0 spiro atoms. The average Bonchev–Trinajstić information content (AvgIpc) is 2.97. The smallest absolute Gasteiger partial charge is 0.213 e. The molecule has 0 aromatic heterocycles. The van der Waals surface area contributed by atoms with Crippen LogP contribution in [-0.4, -0.2) is 33.9 Å². The molecular formula is C19H21FN2O3S. The van der Waals surface area contributed by atoms with Crippen molar-refractivity contribution in [3.63, 3.8) is 0 Å². The average molecular weight is 376 g/mol. The van der Waals surface area contributed by atoms with Gasteiger partial charge in [-0.2, -0.15) is 0 Å². The fourth-order valence-electron chi connectivity index (χ4n) is 2.80. The van der Waals surface area contributed by atoms with E-state index in [0.29, 0.717) is 13.0 Å². The number of thioether (sulfide) groups is 1. The van der Waals surface area contributed by atoms with Crippen LogP contribution in [0.2, 0.25) is 0 Å². The van der Waals surface area contributed by atoms with Gasteiger partial charge in [-0.25, -0.2) is 4.39 Å². The van der Waals surface area contributed by atoms with E-state index < -0.39 is 5.82 Å². The second-order valence-electron chi connectivity index (χ2n) is 5.89. The summed E-state index contributed by atoms with van der Waals surface area (Å²) < 4.78 is 25.2. The highest BCUT2D eigenvalue weighted by Gasteiger charge is 2.29. The van der Waals surface area contributed by atoms with Crippen LogP contribution in [0, 0.1) is 5.82 Å². The summed E-state index contributed by atoms with van der Waals surface area (Å²) in [6, 6.07) is 10.8. The van der Waals surface area contributed by atoms with Crippen LogP contribution in [-0.2, 0) is 9.53 Å². The number of carbonyl (C=O) groups is 1. The zero-order valence-electron chi connectivity index (χ0n) is 14.9. The first kappa shape index (κ1) is 18.5. The van der Waals surface area contributed by atoms with Crippen LogP contribution in [0.25, 0.3) is 0 Å². The molecule has 1 heterocycles. The third kappa shape index (κ3) is 3.64. The van der Waals surface area contributed by atoms with Crippen LogP contribution in [0.15, 0.2) is 41.3 Å². The van der Waals surface area contributed by atoms with E-state index in [2.05, 4.69) is 4.90 Å². The molecule has 1 unspecified atom stereocenters. The molecule has 0 saturated carbocycles. The number of halogens is 1. The first-order chi connectivity index (χ1) is 12.5. The highest BCUT2D eigenvalue weighted by atomic mass is 32.2. The normalized spacial score (nSPS) is 15.7. The van der Waals surface area contributed by atoms with Crippen molar-refractivity contribution in [2.24, 2.45) is 0 Å². The molecule has 2 aromatic carbocycles. The Bertz CT molecular complexity index is 802. The first-order valence-corrected chi connectivity index (χ1v) is 9.14. The largest absolute Gasteiger partial charge is 0.468 e. The monoisotopic (exact) mass is 376 g/mol. The number of nitrogens with zero attached hydrogens (tertiary/aromatic N) is 2. The number of benzene rings is 2. The molecule has 0 N–H and O–H groups in total. The summed E-state index contributed by atoms with van der Waals surface area (Å²) in [5.41, 5.74) is 2.17. The summed E-state index contributed by atoms with van der Waals surface area (Å²) in [5, 5.41) is -0.0442. The van der Waals surface area contributed by atoms with Crippen molar-refractivity contribution in [3.8, 4) is 5.75 Å². The van der Waals surface area contributed by atoms with Crippen molar-refractivity contribution in [1.29, 1.82) is 0 Å². The molecular weight excluding hydrogens is 355 g/mol. The van der Waals surface area contributed by atoms with Gasteiger partial charge < -0.3 is 19.3 Å². The maximum atomic E-state index is 14.4. The summed E-state index contributed by atoms with van der Waals surface area (Å²) >= 11 is 1.63.